The molecular weight excluding hydrogens is 378 g/mol. The van der Waals surface area contributed by atoms with E-state index in [2.05, 4.69) is 56.9 Å². The molecule has 0 saturated carbocycles. The summed E-state index contributed by atoms with van der Waals surface area (Å²) >= 11 is 0. The van der Waals surface area contributed by atoms with Crippen LogP contribution in [0.1, 0.15) is 45.2 Å². The number of aliphatic hydroxyl groups is 1. The molecule has 0 heterocycles. The van der Waals surface area contributed by atoms with Crippen molar-refractivity contribution in [3.05, 3.63) is 95.1 Å². The monoisotopic (exact) mass is 413 g/mol. The van der Waals surface area contributed by atoms with E-state index in [1.807, 2.05) is 48.5 Å². The van der Waals surface area contributed by atoms with Crippen LogP contribution in [0.4, 0.5) is 0 Å². The molecule has 0 aliphatic carbocycles. The van der Waals surface area contributed by atoms with Gasteiger partial charge in [-0.3, -0.25) is 4.90 Å². The summed E-state index contributed by atoms with van der Waals surface area (Å²) in [6, 6.07) is 20.4. The van der Waals surface area contributed by atoms with Crippen LogP contribution in [-0.4, -0.2) is 29.6 Å². The average Bonchev–Trinajstić information content (AvgIpc) is 2.68. The Morgan fingerprint density at radius 3 is 1.79 bits per heavy atom. The highest BCUT2D eigenvalue weighted by Crippen LogP contribution is 2.29. The van der Waals surface area contributed by atoms with E-state index in [4.69, 9.17) is 0 Å². The SMILES string of the molecule is CC(C)=CCN(CC=C(C)C)CCC(O)(Cc1ccccc1)c1ccccc1.Cl. The molecule has 0 bridgehead atoms. The number of halogens is 1. The first-order chi connectivity index (χ1) is 13.4. The molecule has 0 amide bonds. The van der Waals surface area contributed by atoms with Crippen molar-refractivity contribution in [2.24, 2.45) is 0 Å². The second-order valence-corrected chi connectivity index (χ2v) is 8.13. The van der Waals surface area contributed by atoms with Gasteiger partial charge in [-0.25, -0.2) is 0 Å². The normalized spacial score (nSPS) is 12.6. The van der Waals surface area contributed by atoms with E-state index in [0.717, 1.165) is 30.8 Å². The van der Waals surface area contributed by atoms with Gasteiger partial charge < -0.3 is 5.11 Å². The quantitative estimate of drug-likeness (QED) is 0.471. The first-order valence-electron chi connectivity index (χ1n) is 10.2. The third-order valence-corrected chi connectivity index (χ3v) is 5.01. The zero-order valence-electron chi connectivity index (χ0n) is 18.3. The average molecular weight is 414 g/mol. The number of nitrogens with zero attached hydrogens (tertiary/aromatic N) is 1. The predicted octanol–water partition coefficient (Wildman–Crippen LogP) is 6.16. The van der Waals surface area contributed by atoms with E-state index in [0.29, 0.717) is 12.8 Å². The Bertz CT molecular complexity index is 742. The fraction of sp³-hybridized carbons (Fsp3) is 0.385. The van der Waals surface area contributed by atoms with Crippen molar-refractivity contribution in [3.8, 4) is 0 Å². The maximum Gasteiger partial charge on any atom is 0.0948 e. The fourth-order valence-corrected chi connectivity index (χ4v) is 3.24. The van der Waals surface area contributed by atoms with Crippen LogP contribution >= 0.6 is 12.4 Å². The molecule has 0 spiro atoms. The number of allylic oxidation sites excluding steroid dienone is 2. The molecule has 158 valence electrons. The summed E-state index contributed by atoms with van der Waals surface area (Å²) in [6.45, 7) is 11.2. The number of rotatable bonds is 10. The van der Waals surface area contributed by atoms with Gasteiger partial charge in [0.2, 0.25) is 0 Å². The van der Waals surface area contributed by atoms with Gasteiger partial charge in [0.15, 0.2) is 0 Å². The molecule has 0 aliphatic rings. The van der Waals surface area contributed by atoms with Gasteiger partial charge >= 0.3 is 0 Å². The molecule has 0 aromatic heterocycles. The highest BCUT2D eigenvalue weighted by Gasteiger charge is 2.29. The molecule has 1 unspecified atom stereocenters. The Morgan fingerprint density at radius 2 is 1.31 bits per heavy atom. The molecule has 2 aromatic rings. The summed E-state index contributed by atoms with van der Waals surface area (Å²) in [4.78, 5) is 2.40. The van der Waals surface area contributed by atoms with Crippen LogP contribution in [0, 0.1) is 0 Å². The summed E-state index contributed by atoms with van der Waals surface area (Å²) in [7, 11) is 0. The maximum atomic E-state index is 11.7. The van der Waals surface area contributed by atoms with Gasteiger partial charge in [0.05, 0.1) is 5.60 Å². The number of benzene rings is 2. The fourth-order valence-electron chi connectivity index (χ4n) is 3.24. The Hall–Kier alpha value is -1.87. The van der Waals surface area contributed by atoms with Crippen LogP contribution in [0.2, 0.25) is 0 Å². The van der Waals surface area contributed by atoms with E-state index < -0.39 is 5.60 Å². The van der Waals surface area contributed by atoms with Crippen LogP contribution in [0.25, 0.3) is 0 Å². The van der Waals surface area contributed by atoms with Gasteiger partial charge in [0.25, 0.3) is 0 Å². The molecule has 1 N–H and O–H groups in total. The van der Waals surface area contributed by atoms with Crippen molar-refractivity contribution >= 4 is 12.4 Å². The molecule has 0 radical (unpaired) electrons. The lowest BCUT2D eigenvalue weighted by Gasteiger charge is -2.32. The van der Waals surface area contributed by atoms with Gasteiger partial charge in [-0.15, -0.1) is 12.4 Å². The molecule has 1 atom stereocenters. The Morgan fingerprint density at radius 1 is 0.828 bits per heavy atom. The summed E-state index contributed by atoms with van der Waals surface area (Å²) in [5, 5.41) is 11.7. The van der Waals surface area contributed by atoms with Gasteiger partial charge in [0.1, 0.15) is 0 Å². The second-order valence-electron chi connectivity index (χ2n) is 8.13. The second kappa shape index (κ2) is 12.6. The van der Waals surface area contributed by atoms with Crippen LogP contribution in [0.5, 0.6) is 0 Å². The standard InChI is InChI=1S/C26H35NO.ClH/c1-22(2)15-18-27(19-16-23(3)4)20-17-26(28,25-13-9-6-10-14-25)21-24-11-7-5-8-12-24;/h5-16,28H,17-21H2,1-4H3;1H. The Balaban J connectivity index is 0.00000420. The molecule has 0 saturated heterocycles. The zero-order valence-corrected chi connectivity index (χ0v) is 19.1. The minimum Gasteiger partial charge on any atom is -0.385 e. The van der Waals surface area contributed by atoms with E-state index >= 15 is 0 Å². The summed E-state index contributed by atoms with van der Waals surface area (Å²) in [5.74, 6) is 0. The van der Waals surface area contributed by atoms with E-state index in [1.165, 1.54) is 11.1 Å². The van der Waals surface area contributed by atoms with Gasteiger partial charge in [-0.1, -0.05) is 84.0 Å². The minimum atomic E-state index is -0.878. The Kier molecular flexibility index (Phi) is 11.0. The van der Waals surface area contributed by atoms with E-state index in [9.17, 15) is 5.11 Å². The van der Waals surface area contributed by atoms with Crippen LogP contribution in [-0.2, 0) is 12.0 Å². The summed E-state index contributed by atoms with van der Waals surface area (Å²) < 4.78 is 0. The van der Waals surface area contributed by atoms with Crippen molar-refractivity contribution in [1.82, 2.24) is 4.90 Å². The molecule has 0 fully saturated rings. The first-order valence-corrected chi connectivity index (χ1v) is 10.2. The van der Waals surface area contributed by atoms with E-state index in [1.54, 1.807) is 0 Å². The maximum absolute atomic E-state index is 11.7. The highest BCUT2D eigenvalue weighted by atomic mass is 35.5. The predicted molar refractivity (Wildman–Crippen MR) is 128 cm³/mol. The van der Waals surface area contributed by atoms with Crippen LogP contribution in [0.15, 0.2) is 84.0 Å². The lowest BCUT2D eigenvalue weighted by atomic mass is 9.84. The molecule has 2 rings (SSSR count). The largest absolute Gasteiger partial charge is 0.385 e. The van der Waals surface area contributed by atoms with E-state index in [-0.39, 0.29) is 12.4 Å². The lowest BCUT2D eigenvalue weighted by Crippen LogP contribution is -2.35. The van der Waals surface area contributed by atoms with Crippen molar-refractivity contribution in [3.63, 3.8) is 0 Å². The van der Waals surface area contributed by atoms with Crippen molar-refractivity contribution in [2.45, 2.75) is 46.1 Å². The lowest BCUT2D eigenvalue weighted by molar-refractivity contribution is 0.0191. The van der Waals surface area contributed by atoms with Crippen molar-refractivity contribution in [1.29, 1.82) is 0 Å². The third kappa shape index (κ3) is 8.99. The molecule has 0 aliphatic heterocycles. The number of hydrogen-bond acceptors (Lipinski definition) is 2. The summed E-state index contributed by atoms with van der Waals surface area (Å²) in [5.41, 5.74) is 3.92. The molecule has 2 nitrogen and oxygen atoms in total. The zero-order chi connectivity index (χ0) is 20.4. The molecular formula is C26H36ClNO. The smallest absolute Gasteiger partial charge is 0.0948 e. The topological polar surface area (TPSA) is 23.5 Å². The highest BCUT2D eigenvalue weighted by molar-refractivity contribution is 5.85. The molecule has 29 heavy (non-hydrogen) atoms. The van der Waals surface area contributed by atoms with Crippen LogP contribution in [0.3, 0.4) is 0 Å². The number of hydrogen-bond donors (Lipinski definition) is 1. The minimum absolute atomic E-state index is 0. The Labute approximate surface area is 183 Å². The van der Waals surface area contributed by atoms with Gasteiger partial charge in [-0.2, -0.15) is 0 Å². The first kappa shape index (κ1) is 25.2. The van der Waals surface area contributed by atoms with Crippen molar-refractivity contribution < 1.29 is 5.11 Å². The van der Waals surface area contributed by atoms with Gasteiger partial charge in [0, 0.05) is 26.1 Å². The third-order valence-electron chi connectivity index (χ3n) is 5.01. The van der Waals surface area contributed by atoms with Crippen molar-refractivity contribution in [2.75, 3.05) is 19.6 Å². The molecule has 2 aromatic carbocycles. The summed E-state index contributed by atoms with van der Waals surface area (Å²) in [6.07, 6.45) is 5.84. The molecule has 3 heteroatoms. The van der Waals surface area contributed by atoms with Crippen LogP contribution < -0.4 is 0 Å². The van der Waals surface area contributed by atoms with Gasteiger partial charge in [-0.05, 0) is 45.2 Å².